The van der Waals surface area contributed by atoms with E-state index in [9.17, 15) is 15.0 Å². The molecule has 184 valence electrons. The number of hydrogen-bond acceptors (Lipinski definition) is 5. The Morgan fingerprint density at radius 1 is 1.11 bits per heavy atom. The molecule has 0 aromatic heterocycles. The molecule has 0 bridgehead atoms. The maximum atomic E-state index is 11.5. The SMILES string of the molecule is C[C@@H](OC[C@H](O)CNC(C)(C)Cc1ccc2ccccc2c1)c1cccc2c1[C@@H]1[C@H](O2)[C@H]1C(=O)O. The fourth-order valence-corrected chi connectivity index (χ4v) is 5.31. The van der Waals surface area contributed by atoms with Crippen LogP contribution in [0, 0.1) is 5.92 Å². The summed E-state index contributed by atoms with van der Waals surface area (Å²) in [7, 11) is 0. The Morgan fingerprint density at radius 2 is 1.89 bits per heavy atom. The Morgan fingerprint density at radius 3 is 2.66 bits per heavy atom. The molecule has 1 heterocycles. The molecule has 3 N–H and O–H groups in total. The Balaban J connectivity index is 1.14. The molecule has 2 aliphatic rings. The van der Waals surface area contributed by atoms with Gasteiger partial charge in [-0.25, -0.2) is 0 Å². The first-order valence-corrected chi connectivity index (χ1v) is 12.3. The van der Waals surface area contributed by atoms with E-state index < -0.39 is 18.0 Å². The average Bonchev–Trinajstić information content (AvgIpc) is 3.42. The first-order valence-electron chi connectivity index (χ1n) is 12.3. The van der Waals surface area contributed by atoms with Crippen LogP contribution in [0.5, 0.6) is 5.75 Å². The molecule has 0 unspecified atom stereocenters. The Hall–Kier alpha value is -2.93. The quantitative estimate of drug-likeness (QED) is 0.402. The number of carboxylic acids is 1. The molecule has 3 aromatic carbocycles. The molecule has 0 radical (unpaired) electrons. The zero-order valence-corrected chi connectivity index (χ0v) is 20.4. The summed E-state index contributed by atoms with van der Waals surface area (Å²) in [5.74, 6) is -0.646. The van der Waals surface area contributed by atoms with Crippen molar-refractivity contribution in [3.8, 4) is 5.75 Å². The molecule has 35 heavy (non-hydrogen) atoms. The highest BCUT2D eigenvalue weighted by atomic mass is 16.5. The zero-order valence-electron chi connectivity index (χ0n) is 20.4. The van der Waals surface area contributed by atoms with Crippen molar-refractivity contribution in [1.82, 2.24) is 5.32 Å². The molecule has 3 aromatic rings. The second-order valence-electron chi connectivity index (χ2n) is 10.5. The number of nitrogens with one attached hydrogen (secondary N) is 1. The van der Waals surface area contributed by atoms with E-state index in [1.165, 1.54) is 16.3 Å². The maximum Gasteiger partial charge on any atom is 0.311 e. The third kappa shape index (κ3) is 4.92. The summed E-state index contributed by atoms with van der Waals surface area (Å²) in [6.45, 7) is 6.80. The van der Waals surface area contributed by atoms with Gasteiger partial charge in [0, 0.05) is 23.6 Å². The van der Waals surface area contributed by atoms with Crippen LogP contribution in [0.1, 0.15) is 49.5 Å². The van der Waals surface area contributed by atoms with Crippen molar-refractivity contribution in [1.29, 1.82) is 0 Å². The van der Waals surface area contributed by atoms with Crippen LogP contribution in [0.4, 0.5) is 0 Å². The minimum Gasteiger partial charge on any atom is -0.489 e. The molecule has 0 spiro atoms. The highest BCUT2D eigenvalue weighted by Gasteiger charge is 2.63. The number of carbonyl (C=O) groups is 1. The summed E-state index contributed by atoms with van der Waals surface area (Å²) in [4.78, 5) is 11.5. The van der Waals surface area contributed by atoms with Crippen molar-refractivity contribution in [3.63, 3.8) is 0 Å². The van der Waals surface area contributed by atoms with E-state index in [4.69, 9.17) is 9.47 Å². The molecule has 1 saturated carbocycles. The van der Waals surface area contributed by atoms with Crippen LogP contribution in [0.3, 0.4) is 0 Å². The molecular formula is C29H33NO5. The molecule has 6 nitrogen and oxygen atoms in total. The fraction of sp³-hybridized carbons (Fsp3) is 0.414. The van der Waals surface area contributed by atoms with Crippen molar-refractivity contribution in [3.05, 3.63) is 77.4 Å². The summed E-state index contributed by atoms with van der Waals surface area (Å²) in [5.41, 5.74) is 2.94. The van der Waals surface area contributed by atoms with Crippen LogP contribution in [0.25, 0.3) is 10.8 Å². The van der Waals surface area contributed by atoms with Gasteiger partial charge in [0.15, 0.2) is 0 Å². The number of aliphatic carboxylic acids is 1. The summed E-state index contributed by atoms with van der Waals surface area (Å²) in [5, 5.41) is 25.9. The van der Waals surface area contributed by atoms with Gasteiger partial charge in [0.1, 0.15) is 17.8 Å². The molecule has 0 amide bonds. The van der Waals surface area contributed by atoms with Gasteiger partial charge in [-0.2, -0.15) is 0 Å². The predicted octanol–water partition coefficient (Wildman–Crippen LogP) is 4.45. The van der Waals surface area contributed by atoms with Gasteiger partial charge in [-0.1, -0.05) is 54.6 Å². The minimum atomic E-state index is -0.818. The van der Waals surface area contributed by atoms with Crippen LogP contribution in [0.2, 0.25) is 0 Å². The van der Waals surface area contributed by atoms with Gasteiger partial charge in [-0.3, -0.25) is 4.79 Å². The van der Waals surface area contributed by atoms with Gasteiger partial charge in [-0.05, 0) is 55.2 Å². The van der Waals surface area contributed by atoms with Crippen LogP contribution >= 0.6 is 0 Å². The lowest BCUT2D eigenvalue weighted by molar-refractivity contribution is -0.139. The first kappa shape index (κ1) is 23.8. The Kier molecular flexibility index (Phi) is 6.30. The number of benzene rings is 3. The maximum absolute atomic E-state index is 11.5. The molecule has 5 rings (SSSR count). The summed E-state index contributed by atoms with van der Waals surface area (Å²) in [6, 6.07) is 20.6. The number of rotatable bonds is 10. The highest BCUT2D eigenvalue weighted by molar-refractivity contribution is 5.83. The largest absolute Gasteiger partial charge is 0.489 e. The molecular weight excluding hydrogens is 442 g/mol. The molecule has 1 aliphatic carbocycles. The van der Waals surface area contributed by atoms with E-state index in [1.807, 2.05) is 31.2 Å². The number of aliphatic hydroxyl groups is 1. The lowest BCUT2D eigenvalue weighted by Gasteiger charge is -2.28. The lowest BCUT2D eigenvalue weighted by atomic mass is 9.93. The van der Waals surface area contributed by atoms with Crippen molar-refractivity contribution in [2.45, 2.75) is 57.0 Å². The van der Waals surface area contributed by atoms with Crippen LogP contribution in [-0.2, 0) is 16.0 Å². The number of β-amino-alcohol motifs (C(OH)–C–C–N with tert-alkyl or cyclic N) is 1. The number of carboxylic acid groups (broad SMARTS) is 1. The Labute approximate surface area is 205 Å². The van der Waals surface area contributed by atoms with E-state index in [1.54, 1.807) is 0 Å². The molecule has 1 fully saturated rings. The van der Waals surface area contributed by atoms with Crippen LogP contribution in [-0.4, -0.2) is 47.1 Å². The first-order chi connectivity index (χ1) is 16.7. The number of ether oxygens (including phenoxy) is 2. The average molecular weight is 476 g/mol. The normalized spacial score (nSPS) is 22.2. The van der Waals surface area contributed by atoms with E-state index in [2.05, 4.69) is 55.6 Å². The van der Waals surface area contributed by atoms with Gasteiger partial charge in [0.25, 0.3) is 0 Å². The van der Waals surface area contributed by atoms with Crippen molar-refractivity contribution in [2.75, 3.05) is 13.2 Å². The summed E-state index contributed by atoms with van der Waals surface area (Å²) >= 11 is 0. The molecule has 1 aliphatic heterocycles. The van der Waals surface area contributed by atoms with Gasteiger partial charge >= 0.3 is 5.97 Å². The van der Waals surface area contributed by atoms with Gasteiger partial charge in [0.2, 0.25) is 0 Å². The topological polar surface area (TPSA) is 88.0 Å². The number of hydrogen-bond donors (Lipinski definition) is 3. The predicted molar refractivity (Wildman–Crippen MR) is 135 cm³/mol. The van der Waals surface area contributed by atoms with E-state index in [-0.39, 0.29) is 30.3 Å². The van der Waals surface area contributed by atoms with Gasteiger partial charge in [0.05, 0.1) is 18.8 Å². The second-order valence-corrected chi connectivity index (χ2v) is 10.5. The monoisotopic (exact) mass is 475 g/mol. The van der Waals surface area contributed by atoms with Gasteiger partial charge in [-0.15, -0.1) is 0 Å². The van der Waals surface area contributed by atoms with Gasteiger partial charge < -0.3 is 25.0 Å². The van der Waals surface area contributed by atoms with Crippen molar-refractivity contribution < 1.29 is 24.5 Å². The molecule has 5 atom stereocenters. The molecule has 6 heteroatoms. The summed E-state index contributed by atoms with van der Waals surface area (Å²) in [6.07, 6.45) is -0.370. The Bertz CT molecular complexity index is 1240. The third-order valence-electron chi connectivity index (χ3n) is 7.19. The third-order valence-corrected chi connectivity index (χ3v) is 7.19. The minimum absolute atomic E-state index is 0.104. The van der Waals surface area contributed by atoms with E-state index in [0.29, 0.717) is 6.54 Å². The van der Waals surface area contributed by atoms with Crippen molar-refractivity contribution in [2.24, 2.45) is 5.92 Å². The van der Waals surface area contributed by atoms with Crippen LogP contribution in [0.15, 0.2) is 60.7 Å². The highest BCUT2D eigenvalue weighted by Crippen LogP contribution is 2.60. The second kappa shape index (κ2) is 9.26. The van der Waals surface area contributed by atoms with E-state index >= 15 is 0 Å². The van der Waals surface area contributed by atoms with E-state index in [0.717, 1.165) is 23.3 Å². The zero-order chi connectivity index (χ0) is 24.7. The standard InChI is InChI=1S/C29H33NO5/c1-17(22-9-6-10-23-24(22)25-26(28(32)33)27(25)35-23)34-16-21(31)15-30-29(2,3)14-18-11-12-19-7-4-5-8-20(19)13-18/h4-13,17,21,25-27,30-31H,14-16H2,1-3H3,(H,32,33)/t17-,21-,25+,26+,27+/m1/s1. The summed E-state index contributed by atoms with van der Waals surface area (Å²) < 4.78 is 11.8. The smallest absolute Gasteiger partial charge is 0.311 e. The molecule has 0 saturated heterocycles. The number of fused-ring (bicyclic) bond motifs is 4. The lowest BCUT2D eigenvalue weighted by Crippen LogP contribution is -2.46. The number of aliphatic hydroxyl groups excluding tert-OH is 1. The van der Waals surface area contributed by atoms with Crippen molar-refractivity contribution >= 4 is 16.7 Å². The fourth-order valence-electron chi connectivity index (χ4n) is 5.31. The van der Waals surface area contributed by atoms with Crippen LogP contribution < -0.4 is 10.1 Å².